The Kier molecular flexibility index (Phi) is 4.26. The van der Waals surface area contributed by atoms with Crippen molar-refractivity contribution in [2.75, 3.05) is 14.1 Å². The number of halogens is 2. The number of benzene rings is 1. The third kappa shape index (κ3) is 3.18. The molecule has 0 radical (unpaired) electrons. The summed E-state index contributed by atoms with van der Waals surface area (Å²) >= 11 is 5.66. The Morgan fingerprint density at radius 1 is 1.56 bits per heavy atom. The number of aliphatic carboxylic acids is 1. The molecule has 1 aromatic rings. The molecule has 0 saturated carbocycles. The number of carbonyl (C=O) groups is 1. The van der Waals surface area contributed by atoms with E-state index in [1.807, 2.05) is 0 Å². The van der Waals surface area contributed by atoms with Crippen LogP contribution in [0.1, 0.15) is 18.0 Å². The third-order valence-corrected chi connectivity index (χ3v) is 2.61. The zero-order valence-electron chi connectivity index (χ0n) is 9.08. The quantitative estimate of drug-likeness (QED) is 0.886. The lowest BCUT2D eigenvalue weighted by molar-refractivity contribution is -0.138. The molecule has 16 heavy (non-hydrogen) atoms. The van der Waals surface area contributed by atoms with Crippen molar-refractivity contribution < 1.29 is 14.3 Å². The smallest absolute Gasteiger partial charge is 0.305 e. The Balaban J connectivity index is 3.01. The van der Waals surface area contributed by atoms with Crippen molar-refractivity contribution >= 4 is 17.6 Å². The number of nitrogens with zero attached hydrogens (tertiary/aromatic N) is 1. The molecule has 1 unspecified atom stereocenters. The molecular weight excluding hydrogens is 233 g/mol. The van der Waals surface area contributed by atoms with Crippen LogP contribution in [0.3, 0.4) is 0 Å². The van der Waals surface area contributed by atoms with Gasteiger partial charge < -0.3 is 10.0 Å². The minimum absolute atomic E-state index is 0.00902. The summed E-state index contributed by atoms with van der Waals surface area (Å²) in [6, 6.07) is 3.95. The third-order valence-electron chi connectivity index (χ3n) is 2.32. The Labute approximate surface area is 98.4 Å². The van der Waals surface area contributed by atoms with E-state index in [0.717, 1.165) is 0 Å². The van der Waals surface area contributed by atoms with E-state index in [2.05, 4.69) is 0 Å². The van der Waals surface area contributed by atoms with Crippen LogP contribution in [0.25, 0.3) is 0 Å². The molecule has 5 heteroatoms. The standard InChI is InChI=1S/C11H13ClFNO2/c1-14(2)10(6-11(15)16)7-3-4-9(13)8(12)5-7/h3-5,10H,6H2,1-2H3,(H,15,16). The molecule has 0 bridgehead atoms. The van der Waals surface area contributed by atoms with E-state index in [4.69, 9.17) is 16.7 Å². The van der Waals surface area contributed by atoms with Gasteiger partial charge in [0.15, 0.2) is 0 Å². The molecule has 0 fully saturated rings. The van der Waals surface area contributed by atoms with Gasteiger partial charge in [0.1, 0.15) is 5.82 Å². The average Bonchev–Trinajstić information content (AvgIpc) is 2.18. The van der Waals surface area contributed by atoms with Gasteiger partial charge in [-0.1, -0.05) is 17.7 Å². The van der Waals surface area contributed by atoms with Gasteiger partial charge in [0.25, 0.3) is 0 Å². The van der Waals surface area contributed by atoms with Gasteiger partial charge in [0, 0.05) is 6.04 Å². The minimum atomic E-state index is -0.904. The Bertz CT molecular complexity index is 396. The number of carboxylic acid groups (broad SMARTS) is 1. The monoisotopic (exact) mass is 245 g/mol. The van der Waals surface area contributed by atoms with Gasteiger partial charge in [-0.25, -0.2) is 4.39 Å². The first-order chi connectivity index (χ1) is 7.41. The van der Waals surface area contributed by atoms with Gasteiger partial charge >= 0.3 is 5.97 Å². The van der Waals surface area contributed by atoms with Crippen molar-refractivity contribution in [3.8, 4) is 0 Å². The molecule has 0 aliphatic heterocycles. The van der Waals surface area contributed by atoms with E-state index in [1.54, 1.807) is 25.1 Å². The van der Waals surface area contributed by atoms with Crippen LogP contribution in [0.2, 0.25) is 5.02 Å². The molecule has 0 aromatic heterocycles. The number of hydrogen-bond donors (Lipinski definition) is 1. The summed E-state index contributed by atoms with van der Waals surface area (Å²) < 4.78 is 13.0. The molecule has 0 aliphatic carbocycles. The Morgan fingerprint density at radius 3 is 2.62 bits per heavy atom. The molecule has 0 amide bonds. The van der Waals surface area contributed by atoms with Crippen molar-refractivity contribution in [3.63, 3.8) is 0 Å². The fourth-order valence-corrected chi connectivity index (χ4v) is 1.67. The van der Waals surface area contributed by atoms with E-state index in [9.17, 15) is 9.18 Å². The highest BCUT2D eigenvalue weighted by Crippen LogP contribution is 2.26. The van der Waals surface area contributed by atoms with Crippen LogP contribution in [-0.2, 0) is 4.79 Å². The molecule has 3 nitrogen and oxygen atoms in total. The first-order valence-electron chi connectivity index (χ1n) is 4.75. The van der Waals surface area contributed by atoms with Crippen LogP contribution in [-0.4, -0.2) is 30.1 Å². The molecule has 1 N–H and O–H groups in total. The fraction of sp³-hybridized carbons (Fsp3) is 0.364. The van der Waals surface area contributed by atoms with Crippen LogP contribution >= 0.6 is 11.6 Å². The highest BCUT2D eigenvalue weighted by Gasteiger charge is 2.18. The second-order valence-corrected chi connectivity index (χ2v) is 4.16. The summed E-state index contributed by atoms with van der Waals surface area (Å²) in [5, 5.41) is 8.79. The summed E-state index contributed by atoms with van der Waals surface area (Å²) in [7, 11) is 3.54. The number of rotatable bonds is 4. The second kappa shape index (κ2) is 5.27. The van der Waals surface area contributed by atoms with E-state index in [1.165, 1.54) is 12.1 Å². The fourth-order valence-electron chi connectivity index (χ4n) is 1.48. The molecule has 88 valence electrons. The summed E-state index contributed by atoms with van der Waals surface area (Å²) in [4.78, 5) is 12.5. The van der Waals surface area contributed by atoms with E-state index in [0.29, 0.717) is 5.56 Å². The zero-order valence-corrected chi connectivity index (χ0v) is 9.83. The van der Waals surface area contributed by atoms with Gasteiger partial charge in [-0.2, -0.15) is 0 Å². The zero-order chi connectivity index (χ0) is 12.3. The predicted octanol–water partition coefficient (Wildman–Crippen LogP) is 2.56. The molecule has 0 spiro atoms. The van der Waals surface area contributed by atoms with Crippen LogP contribution in [0, 0.1) is 5.82 Å². The molecule has 1 atom stereocenters. The predicted molar refractivity (Wildman–Crippen MR) is 60.1 cm³/mol. The van der Waals surface area contributed by atoms with Crippen molar-refractivity contribution in [2.45, 2.75) is 12.5 Å². The van der Waals surface area contributed by atoms with Crippen molar-refractivity contribution in [2.24, 2.45) is 0 Å². The Hall–Kier alpha value is -1.13. The van der Waals surface area contributed by atoms with Gasteiger partial charge in [0.05, 0.1) is 11.4 Å². The van der Waals surface area contributed by atoms with Crippen molar-refractivity contribution in [1.82, 2.24) is 4.90 Å². The number of carboxylic acids is 1. The van der Waals surface area contributed by atoms with Crippen LogP contribution in [0.15, 0.2) is 18.2 Å². The van der Waals surface area contributed by atoms with E-state index < -0.39 is 11.8 Å². The molecular formula is C11H13ClFNO2. The highest BCUT2D eigenvalue weighted by atomic mass is 35.5. The van der Waals surface area contributed by atoms with Gasteiger partial charge in [-0.05, 0) is 31.8 Å². The second-order valence-electron chi connectivity index (χ2n) is 3.75. The topological polar surface area (TPSA) is 40.5 Å². The first-order valence-corrected chi connectivity index (χ1v) is 5.12. The SMILES string of the molecule is CN(C)C(CC(=O)O)c1ccc(F)c(Cl)c1. The molecule has 0 saturated heterocycles. The summed E-state index contributed by atoms with van der Waals surface area (Å²) in [6.07, 6.45) is -0.0467. The average molecular weight is 246 g/mol. The largest absolute Gasteiger partial charge is 0.481 e. The normalized spacial score (nSPS) is 12.8. The van der Waals surface area contributed by atoms with Gasteiger partial charge in [-0.3, -0.25) is 4.79 Å². The summed E-state index contributed by atoms with van der Waals surface area (Å²) in [6.45, 7) is 0. The van der Waals surface area contributed by atoms with Crippen molar-refractivity contribution in [1.29, 1.82) is 0 Å². The molecule has 1 aromatic carbocycles. The lowest BCUT2D eigenvalue weighted by Gasteiger charge is -2.23. The summed E-state index contributed by atoms with van der Waals surface area (Å²) in [5.74, 6) is -1.41. The maximum atomic E-state index is 13.0. The maximum Gasteiger partial charge on any atom is 0.305 e. The lowest BCUT2D eigenvalue weighted by Crippen LogP contribution is -2.22. The minimum Gasteiger partial charge on any atom is -0.481 e. The summed E-state index contributed by atoms with van der Waals surface area (Å²) in [5.41, 5.74) is 0.693. The molecule has 0 aliphatic rings. The van der Waals surface area contributed by atoms with Crippen LogP contribution in [0.4, 0.5) is 4.39 Å². The van der Waals surface area contributed by atoms with Crippen molar-refractivity contribution in [3.05, 3.63) is 34.6 Å². The van der Waals surface area contributed by atoms with Gasteiger partial charge in [-0.15, -0.1) is 0 Å². The van der Waals surface area contributed by atoms with Crippen LogP contribution < -0.4 is 0 Å². The molecule has 1 rings (SSSR count). The first kappa shape index (κ1) is 12.9. The van der Waals surface area contributed by atoms with Gasteiger partial charge in [0.2, 0.25) is 0 Å². The van der Waals surface area contributed by atoms with Crippen LogP contribution in [0.5, 0.6) is 0 Å². The number of hydrogen-bond acceptors (Lipinski definition) is 2. The van der Waals surface area contributed by atoms with E-state index >= 15 is 0 Å². The Morgan fingerprint density at radius 2 is 2.19 bits per heavy atom. The maximum absolute atomic E-state index is 13.0. The highest BCUT2D eigenvalue weighted by molar-refractivity contribution is 6.30. The molecule has 0 heterocycles. The van der Waals surface area contributed by atoms with E-state index in [-0.39, 0.29) is 17.5 Å². The lowest BCUT2D eigenvalue weighted by atomic mass is 10.0.